The number of nitrogens with two attached hydrogens (primary N) is 1. The van der Waals surface area contributed by atoms with Gasteiger partial charge in [0.25, 0.3) is 5.91 Å². The van der Waals surface area contributed by atoms with E-state index >= 15 is 0 Å². The Morgan fingerprint density at radius 2 is 2.00 bits per heavy atom. The monoisotopic (exact) mass is 369 g/mol. The van der Waals surface area contributed by atoms with E-state index in [-0.39, 0.29) is 5.91 Å². The molecule has 92 valence electrons. The molecule has 0 saturated carbocycles. The average molecular weight is 371 g/mol. The molecule has 1 heterocycles. The molecule has 0 aliphatic carbocycles. The van der Waals surface area contributed by atoms with Gasteiger partial charge in [-0.2, -0.15) is 0 Å². The van der Waals surface area contributed by atoms with Crippen LogP contribution in [-0.2, 0) is 0 Å². The predicted octanol–water partition coefficient (Wildman–Crippen LogP) is 3.44. The van der Waals surface area contributed by atoms with Crippen LogP contribution < -0.4 is 11.1 Å². The second kappa shape index (κ2) is 5.49. The van der Waals surface area contributed by atoms with Gasteiger partial charge in [0.2, 0.25) is 0 Å². The summed E-state index contributed by atoms with van der Waals surface area (Å²) in [6.07, 6.45) is 1.61. The SMILES string of the molecule is Nc1ccc(C(=O)Nc2ncccc2Br)cc1Br. The number of benzene rings is 1. The molecule has 6 heteroatoms. The van der Waals surface area contributed by atoms with Crippen molar-refractivity contribution in [1.82, 2.24) is 4.98 Å². The molecular weight excluding hydrogens is 362 g/mol. The van der Waals surface area contributed by atoms with Gasteiger partial charge in [-0.1, -0.05) is 0 Å². The normalized spacial score (nSPS) is 10.1. The van der Waals surface area contributed by atoms with E-state index in [0.717, 1.165) is 4.47 Å². The molecule has 1 amide bonds. The number of pyridine rings is 1. The Balaban J connectivity index is 2.22. The topological polar surface area (TPSA) is 68.0 Å². The number of nitrogens with one attached hydrogen (secondary N) is 1. The summed E-state index contributed by atoms with van der Waals surface area (Å²) in [5.74, 6) is 0.241. The van der Waals surface area contributed by atoms with Crippen molar-refractivity contribution in [1.29, 1.82) is 0 Å². The fourth-order valence-corrected chi connectivity index (χ4v) is 2.06. The number of hydrogen-bond donors (Lipinski definition) is 2. The molecule has 1 aromatic heterocycles. The third-order valence-corrected chi connectivity index (χ3v) is 3.58. The molecule has 0 saturated heterocycles. The van der Waals surface area contributed by atoms with E-state index in [2.05, 4.69) is 42.2 Å². The second-order valence-corrected chi connectivity index (χ2v) is 5.23. The Kier molecular flexibility index (Phi) is 3.98. The maximum atomic E-state index is 12.0. The third-order valence-electron chi connectivity index (χ3n) is 2.25. The van der Waals surface area contributed by atoms with Crippen molar-refractivity contribution in [2.24, 2.45) is 0 Å². The number of hydrogen-bond acceptors (Lipinski definition) is 3. The van der Waals surface area contributed by atoms with Crippen molar-refractivity contribution in [3.05, 3.63) is 51.0 Å². The first-order valence-corrected chi connectivity index (χ1v) is 6.63. The van der Waals surface area contributed by atoms with Gasteiger partial charge in [0.1, 0.15) is 5.82 Å². The van der Waals surface area contributed by atoms with E-state index in [4.69, 9.17) is 5.73 Å². The Morgan fingerprint density at radius 3 is 2.67 bits per heavy atom. The summed E-state index contributed by atoms with van der Waals surface area (Å²) in [6.45, 7) is 0. The largest absolute Gasteiger partial charge is 0.398 e. The Morgan fingerprint density at radius 1 is 1.22 bits per heavy atom. The molecule has 4 nitrogen and oxygen atoms in total. The molecule has 0 radical (unpaired) electrons. The molecule has 1 aromatic carbocycles. The van der Waals surface area contributed by atoms with Crippen molar-refractivity contribution < 1.29 is 4.79 Å². The summed E-state index contributed by atoms with van der Waals surface area (Å²) in [6, 6.07) is 8.58. The van der Waals surface area contributed by atoms with E-state index in [1.807, 2.05) is 6.07 Å². The minimum atomic E-state index is -0.241. The van der Waals surface area contributed by atoms with Gasteiger partial charge < -0.3 is 11.1 Å². The maximum absolute atomic E-state index is 12.0. The Bertz CT molecular complexity index is 602. The van der Waals surface area contributed by atoms with Gasteiger partial charge in [-0.05, 0) is 62.2 Å². The molecule has 0 aliphatic heterocycles. The van der Waals surface area contributed by atoms with Crippen LogP contribution in [0.15, 0.2) is 45.5 Å². The lowest BCUT2D eigenvalue weighted by Gasteiger charge is -2.07. The number of aromatic nitrogens is 1. The predicted molar refractivity (Wildman–Crippen MR) is 78.4 cm³/mol. The van der Waals surface area contributed by atoms with E-state index in [1.165, 1.54) is 0 Å². The summed E-state index contributed by atoms with van der Waals surface area (Å²) in [5.41, 5.74) is 6.76. The van der Waals surface area contributed by atoms with Gasteiger partial charge in [-0.3, -0.25) is 4.79 Å². The van der Waals surface area contributed by atoms with Gasteiger partial charge in [0.05, 0.1) is 4.47 Å². The molecule has 0 fully saturated rings. The van der Waals surface area contributed by atoms with Crippen LogP contribution in [0.2, 0.25) is 0 Å². The zero-order chi connectivity index (χ0) is 13.1. The lowest BCUT2D eigenvalue weighted by molar-refractivity contribution is 0.102. The number of nitrogen functional groups attached to an aromatic ring is 1. The number of halogens is 2. The van der Waals surface area contributed by atoms with Gasteiger partial charge in [-0.15, -0.1) is 0 Å². The lowest BCUT2D eigenvalue weighted by atomic mass is 10.2. The van der Waals surface area contributed by atoms with Crippen molar-refractivity contribution in [2.45, 2.75) is 0 Å². The molecule has 18 heavy (non-hydrogen) atoms. The first-order chi connectivity index (χ1) is 8.58. The van der Waals surface area contributed by atoms with E-state index < -0.39 is 0 Å². The van der Waals surface area contributed by atoms with Crippen LogP contribution in [0.1, 0.15) is 10.4 Å². The highest BCUT2D eigenvalue weighted by Gasteiger charge is 2.10. The molecule has 0 atom stereocenters. The van der Waals surface area contributed by atoms with E-state index in [9.17, 15) is 4.79 Å². The summed E-state index contributed by atoms with van der Waals surface area (Å²) in [5, 5.41) is 2.71. The molecule has 3 N–H and O–H groups in total. The number of rotatable bonds is 2. The van der Waals surface area contributed by atoms with E-state index in [1.54, 1.807) is 30.5 Å². The molecule has 0 bridgehead atoms. The first-order valence-electron chi connectivity index (χ1n) is 5.05. The smallest absolute Gasteiger partial charge is 0.256 e. The molecule has 2 rings (SSSR count). The molecular formula is C12H9Br2N3O. The molecule has 0 aliphatic rings. The third kappa shape index (κ3) is 2.88. The quantitative estimate of drug-likeness (QED) is 0.795. The number of anilines is 2. The number of carbonyl (C=O) groups is 1. The average Bonchev–Trinajstić information content (AvgIpc) is 2.35. The van der Waals surface area contributed by atoms with Crippen molar-refractivity contribution in [3.63, 3.8) is 0 Å². The van der Waals surface area contributed by atoms with Crippen LogP contribution in [0.25, 0.3) is 0 Å². The summed E-state index contributed by atoms with van der Waals surface area (Å²) in [4.78, 5) is 16.1. The van der Waals surface area contributed by atoms with Crippen LogP contribution in [-0.4, -0.2) is 10.9 Å². The fourth-order valence-electron chi connectivity index (χ4n) is 1.33. The van der Waals surface area contributed by atoms with E-state index in [0.29, 0.717) is 21.5 Å². The Hall–Kier alpha value is -1.40. The number of nitrogens with zero attached hydrogens (tertiary/aromatic N) is 1. The Labute approximate surface area is 121 Å². The highest BCUT2D eigenvalue weighted by Crippen LogP contribution is 2.22. The highest BCUT2D eigenvalue weighted by atomic mass is 79.9. The molecule has 2 aromatic rings. The summed E-state index contributed by atoms with van der Waals surface area (Å²) < 4.78 is 1.42. The second-order valence-electron chi connectivity index (χ2n) is 3.52. The highest BCUT2D eigenvalue weighted by molar-refractivity contribution is 9.11. The summed E-state index contributed by atoms with van der Waals surface area (Å²) >= 11 is 6.60. The van der Waals surface area contributed by atoms with Crippen molar-refractivity contribution >= 4 is 49.3 Å². The minimum Gasteiger partial charge on any atom is -0.398 e. The van der Waals surface area contributed by atoms with Gasteiger partial charge >= 0.3 is 0 Å². The standard InChI is InChI=1S/C12H9Br2N3O/c13-8-2-1-5-16-11(8)17-12(18)7-3-4-10(15)9(14)6-7/h1-6H,15H2,(H,16,17,18). The first kappa shape index (κ1) is 13.0. The minimum absolute atomic E-state index is 0.241. The van der Waals surface area contributed by atoms with Crippen molar-refractivity contribution in [3.8, 4) is 0 Å². The number of carbonyl (C=O) groups excluding carboxylic acids is 1. The van der Waals surface area contributed by atoms with Crippen molar-refractivity contribution in [2.75, 3.05) is 11.1 Å². The zero-order valence-electron chi connectivity index (χ0n) is 9.15. The van der Waals surface area contributed by atoms with Crippen LogP contribution in [0.4, 0.5) is 11.5 Å². The maximum Gasteiger partial charge on any atom is 0.256 e. The van der Waals surface area contributed by atoms with Crippen LogP contribution >= 0.6 is 31.9 Å². The van der Waals surface area contributed by atoms with Crippen LogP contribution in [0.3, 0.4) is 0 Å². The zero-order valence-corrected chi connectivity index (χ0v) is 12.3. The fraction of sp³-hybridized carbons (Fsp3) is 0. The van der Waals surface area contributed by atoms with Crippen LogP contribution in [0, 0.1) is 0 Å². The van der Waals surface area contributed by atoms with Gasteiger partial charge in [0, 0.05) is 21.9 Å². The molecule has 0 spiro atoms. The van der Waals surface area contributed by atoms with Gasteiger partial charge in [-0.25, -0.2) is 4.98 Å². The number of amides is 1. The molecule has 0 unspecified atom stereocenters. The lowest BCUT2D eigenvalue weighted by Crippen LogP contribution is -2.13. The van der Waals surface area contributed by atoms with Crippen LogP contribution in [0.5, 0.6) is 0 Å². The van der Waals surface area contributed by atoms with Gasteiger partial charge in [0.15, 0.2) is 0 Å². The summed E-state index contributed by atoms with van der Waals surface area (Å²) in [7, 11) is 0.